The van der Waals surface area contributed by atoms with E-state index in [2.05, 4.69) is 6.92 Å². The van der Waals surface area contributed by atoms with Gasteiger partial charge in [-0.15, -0.1) is 0 Å². The second kappa shape index (κ2) is 9.23. The fourth-order valence-corrected chi connectivity index (χ4v) is 2.54. The van der Waals surface area contributed by atoms with Crippen LogP contribution in [0.2, 0.25) is 0 Å². The third-order valence-electron chi connectivity index (χ3n) is 3.49. The van der Waals surface area contributed by atoms with Crippen molar-refractivity contribution >= 4 is 11.9 Å². The first-order chi connectivity index (χ1) is 10.5. The van der Waals surface area contributed by atoms with Gasteiger partial charge in [-0.1, -0.05) is 33.1 Å². The monoisotopic (exact) mass is 306 g/mol. The number of rotatable bonds is 8. The minimum Gasteiger partial charge on any atom is -0.426 e. The molecule has 0 saturated heterocycles. The maximum absolute atomic E-state index is 11.3. The number of benzene rings is 1. The van der Waals surface area contributed by atoms with Crippen molar-refractivity contribution in [2.24, 2.45) is 0 Å². The third-order valence-corrected chi connectivity index (χ3v) is 3.49. The second-order valence-corrected chi connectivity index (χ2v) is 5.37. The molecule has 0 amide bonds. The Kier molecular flexibility index (Phi) is 7.64. The molecule has 0 aliphatic rings. The Balaban J connectivity index is 3.11. The molecule has 0 aliphatic heterocycles. The number of esters is 2. The Labute approximate surface area is 132 Å². The first-order valence-electron chi connectivity index (χ1n) is 8.01. The summed E-state index contributed by atoms with van der Waals surface area (Å²) >= 11 is 0. The highest BCUT2D eigenvalue weighted by atomic mass is 16.5. The summed E-state index contributed by atoms with van der Waals surface area (Å²) in [5, 5.41) is 0. The van der Waals surface area contributed by atoms with E-state index in [1.807, 2.05) is 6.92 Å². The van der Waals surface area contributed by atoms with Gasteiger partial charge in [0.05, 0.1) is 0 Å². The van der Waals surface area contributed by atoms with E-state index in [9.17, 15) is 9.59 Å². The van der Waals surface area contributed by atoms with E-state index in [0.717, 1.165) is 36.8 Å². The molecular formula is C18H26O4. The fourth-order valence-electron chi connectivity index (χ4n) is 2.54. The van der Waals surface area contributed by atoms with Gasteiger partial charge in [-0.25, -0.2) is 0 Å². The number of carbonyl (C=O) groups is 2. The molecule has 0 atom stereocenters. The molecule has 122 valence electrons. The Hall–Kier alpha value is -1.84. The molecule has 4 heteroatoms. The van der Waals surface area contributed by atoms with Crippen molar-refractivity contribution in [3.63, 3.8) is 0 Å². The molecule has 0 N–H and O–H groups in total. The van der Waals surface area contributed by atoms with Crippen molar-refractivity contribution in [3.05, 3.63) is 23.3 Å². The van der Waals surface area contributed by atoms with Crippen LogP contribution in [0.25, 0.3) is 0 Å². The maximum Gasteiger partial charge on any atom is 0.308 e. The summed E-state index contributed by atoms with van der Waals surface area (Å²) in [7, 11) is 0. The molecule has 0 saturated carbocycles. The van der Waals surface area contributed by atoms with Crippen molar-refractivity contribution in [2.45, 2.75) is 66.2 Å². The van der Waals surface area contributed by atoms with Crippen LogP contribution in [0.1, 0.15) is 64.5 Å². The summed E-state index contributed by atoms with van der Waals surface area (Å²) in [6, 6.07) is 3.42. The van der Waals surface area contributed by atoms with Gasteiger partial charge in [-0.2, -0.15) is 0 Å². The van der Waals surface area contributed by atoms with Gasteiger partial charge in [-0.05, 0) is 31.4 Å². The summed E-state index contributed by atoms with van der Waals surface area (Å²) in [6.45, 7) is 6.96. The van der Waals surface area contributed by atoms with Gasteiger partial charge in [0.2, 0.25) is 0 Å². The smallest absolute Gasteiger partial charge is 0.308 e. The van der Waals surface area contributed by atoms with Crippen LogP contribution < -0.4 is 9.47 Å². The standard InChI is InChI=1S/C18H26O4/c1-5-7-8-9-10-16-15(6-2)17(21-13(3)19)11-12-18(16)22-14(4)20/h11-12H,5-10H2,1-4H3. The molecule has 0 bridgehead atoms. The van der Waals surface area contributed by atoms with Crippen molar-refractivity contribution in [3.8, 4) is 11.5 Å². The van der Waals surface area contributed by atoms with Crippen molar-refractivity contribution in [1.29, 1.82) is 0 Å². The molecule has 1 aromatic rings. The number of ether oxygens (including phenoxy) is 2. The van der Waals surface area contributed by atoms with Crippen LogP contribution >= 0.6 is 0 Å². The molecule has 0 radical (unpaired) electrons. The molecule has 0 aromatic heterocycles. The van der Waals surface area contributed by atoms with Crippen LogP contribution in [0.15, 0.2) is 12.1 Å². The summed E-state index contributed by atoms with van der Waals surface area (Å²) in [6.07, 6.45) is 6.07. The van der Waals surface area contributed by atoms with Crippen LogP contribution in [0, 0.1) is 0 Å². The SMILES string of the molecule is CCCCCCc1c(OC(C)=O)ccc(OC(C)=O)c1CC. The van der Waals surface area contributed by atoms with Gasteiger partial charge in [0, 0.05) is 25.0 Å². The van der Waals surface area contributed by atoms with Gasteiger partial charge >= 0.3 is 11.9 Å². The van der Waals surface area contributed by atoms with Gasteiger partial charge < -0.3 is 9.47 Å². The average Bonchev–Trinajstić information content (AvgIpc) is 2.44. The predicted molar refractivity (Wildman–Crippen MR) is 86.3 cm³/mol. The summed E-state index contributed by atoms with van der Waals surface area (Å²) in [5.74, 6) is 0.470. The van der Waals surface area contributed by atoms with Gasteiger partial charge in [0.15, 0.2) is 0 Å². The van der Waals surface area contributed by atoms with Crippen molar-refractivity contribution in [1.82, 2.24) is 0 Å². The van der Waals surface area contributed by atoms with Gasteiger partial charge in [0.1, 0.15) is 11.5 Å². The highest BCUT2D eigenvalue weighted by Gasteiger charge is 2.16. The van der Waals surface area contributed by atoms with E-state index in [1.54, 1.807) is 12.1 Å². The van der Waals surface area contributed by atoms with E-state index in [-0.39, 0.29) is 11.9 Å². The minimum absolute atomic E-state index is 0.336. The Morgan fingerprint density at radius 1 is 0.864 bits per heavy atom. The van der Waals surface area contributed by atoms with E-state index >= 15 is 0 Å². The van der Waals surface area contributed by atoms with Crippen LogP contribution in [0.5, 0.6) is 11.5 Å². The Morgan fingerprint density at radius 2 is 1.41 bits per heavy atom. The maximum atomic E-state index is 11.3. The van der Waals surface area contributed by atoms with Crippen molar-refractivity contribution < 1.29 is 19.1 Å². The molecule has 0 aliphatic carbocycles. The van der Waals surface area contributed by atoms with E-state index in [4.69, 9.17) is 9.47 Å². The lowest BCUT2D eigenvalue weighted by atomic mass is 9.97. The van der Waals surface area contributed by atoms with E-state index in [0.29, 0.717) is 11.5 Å². The second-order valence-electron chi connectivity index (χ2n) is 5.37. The number of hydrogen-bond donors (Lipinski definition) is 0. The third kappa shape index (κ3) is 5.51. The zero-order valence-electron chi connectivity index (χ0n) is 14.0. The highest BCUT2D eigenvalue weighted by molar-refractivity contribution is 5.72. The average molecular weight is 306 g/mol. The first kappa shape index (κ1) is 18.2. The van der Waals surface area contributed by atoms with Crippen LogP contribution in [-0.4, -0.2) is 11.9 Å². The normalized spacial score (nSPS) is 10.4. The molecule has 0 unspecified atom stereocenters. The Bertz CT molecular complexity index is 520. The Morgan fingerprint density at radius 3 is 1.86 bits per heavy atom. The fraction of sp³-hybridized carbons (Fsp3) is 0.556. The molecule has 0 fully saturated rings. The van der Waals surface area contributed by atoms with E-state index < -0.39 is 0 Å². The molecule has 1 aromatic carbocycles. The summed E-state index contributed by atoms with van der Waals surface area (Å²) in [4.78, 5) is 22.5. The number of hydrogen-bond acceptors (Lipinski definition) is 4. The largest absolute Gasteiger partial charge is 0.426 e. The minimum atomic E-state index is -0.341. The van der Waals surface area contributed by atoms with E-state index in [1.165, 1.54) is 26.7 Å². The lowest BCUT2D eigenvalue weighted by Gasteiger charge is -2.17. The topological polar surface area (TPSA) is 52.6 Å². The van der Waals surface area contributed by atoms with Gasteiger partial charge in [0.25, 0.3) is 0 Å². The first-order valence-corrected chi connectivity index (χ1v) is 8.01. The summed E-state index contributed by atoms with van der Waals surface area (Å²) < 4.78 is 10.6. The van der Waals surface area contributed by atoms with Gasteiger partial charge in [-0.3, -0.25) is 9.59 Å². The van der Waals surface area contributed by atoms with Crippen LogP contribution in [0.3, 0.4) is 0 Å². The van der Waals surface area contributed by atoms with Crippen LogP contribution in [-0.2, 0) is 22.4 Å². The highest BCUT2D eigenvalue weighted by Crippen LogP contribution is 2.33. The molecule has 0 spiro atoms. The molecule has 22 heavy (non-hydrogen) atoms. The zero-order chi connectivity index (χ0) is 16.5. The quantitative estimate of drug-likeness (QED) is 0.410. The number of unbranched alkanes of at least 4 members (excludes halogenated alkanes) is 3. The number of carbonyl (C=O) groups excluding carboxylic acids is 2. The molecule has 1 rings (SSSR count). The molecule has 0 heterocycles. The molecular weight excluding hydrogens is 280 g/mol. The summed E-state index contributed by atoms with van der Waals surface area (Å²) in [5.41, 5.74) is 1.93. The molecule has 4 nitrogen and oxygen atoms in total. The van der Waals surface area contributed by atoms with Crippen molar-refractivity contribution in [2.75, 3.05) is 0 Å². The zero-order valence-corrected chi connectivity index (χ0v) is 14.0. The predicted octanol–water partition coefficient (Wildman–Crippen LogP) is 4.22. The lowest BCUT2D eigenvalue weighted by Crippen LogP contribution is -2.09. The lowest BCUT2D eigenvalue weighted by molar-refractivity contribution is -0.133. The van der Waals surface area contributed by atoms with Crippen LogP contribution in [0.4, 0.5) is 0 Å².